The van der Waals surface area contributed by atoms with Crippen LogP contribution in [0.3, 0.4) is 0 Å². The molecule has 1 amide bonds. The molecule has 1 saturated heterocycles. The number of rotatable bonds is 10. The van der Waals surface area contributed by atoms with E-state index in [1.165, 1.54) is 5.56 Å². The normalized spacial score (nSPS) is 22.9. The Morgan fingerprint density at radius 1 is 0.972 bits per heavy atom. The Morgan fingerprint density at radius 3 is 2.25 bits per heavy atom. The van der Waals surface area contributed by atoms with Crippen molar-refractivity contribution in [2.45, 2.75) is 77.4 Å². The van der Waals surface area contributed by atoms with E-state index in [0.717, 1.165) is 24.8 Å². The van der Waals surface area contributed by atoms with Crippen LogP contribution in [0.4, 0.5) is 4.79 Å². The second-order valence-electron chi connectivity index (χ2n) is 10.7. The lowest BCUT2D eigenvalue weighted by Crippen LogP contribution is -2.46. The molecule has 36 heavy (non-hydrogen) atoms. The third-order valence-electron chi connectivity index (χ3n) is 6.64. The second kappa shape index (κ2) is 11.3. The molecule has 2 fully saturated rings. The van der Waals surface area contributed by atoms with Gasteiger partial charge >= 0.3 is 12.1 Å². The minimum Gasteiger partial charge on any atom is -0.459 e. The molecular formula is C30H37NO5. The van der Waals surface area contributed by atoms with Gasteiger partial charge in [-0.3, -0.25) is 4.90 Å². The molecule has 0 bridgehead atoms. The number of hydrogen-bond donors (Lipinski definition) is 0. The molecular weight excluding hydrogens is 454 g/mol. The van der Waals surface area contributed by atoms with E-state index in [1.54, 1.807) is 4.90 Å². The Balaban J connectivity index is 1.31. The van der Waals surface area contributed by atoms with Gasteiger partial charge in [0.2, 0.25) is 0 Å². The number of esters is 1. The number of unbranched alkanes of at least 4 members (excludes halogenated alkanes) is 1. The van der Waals surface area contributed by atoms with Crippen LogP contribution >= 0.6 is 0 Å². The molecule has 6 heteroatoms. The minimum atomic E-state index is -0.638. The molecule has 2 aromatic rings. The molecule has 6 nitrogen and oxygen atoms in total. The summed E-state index contributed by atoms with van der Waals surface area (Å²) in [5, 5.41) is 0. The van der Waals surface area contributed by atoms with Crippen LogP contribution in [0.2, 0.25) is 0 Å². The summed E-state index contributed by atoms with van der Waals surface area (Å²) in [6.45, 7) is 7.01. The zero-order valence-corrected chi connectivity index (χ0v) is 21.5. The van der Waals surface area contributed by atoms with E-state index in [0.29, 0.717) is 19.6 Å². The standard InChI is InChI=1S/C30H37NO5/c1-29(2,3)36-28(33)31-25(27(32)35-22-24-15-9-5-10-16-24)19-30(20-26(30)31)17-11-6-12-18-34-21-23-13-7-4-8-14-23/h4-5,7-11,13-17,25-26H,6,12,18-22H2,1-3H3/b17-11-/t25-,26?,30-/m0/s1. The number of carbonyl (C=O) groups excluding carboxylic acids is 2. The van der Waals surface area contributed by atoms with Crippen LogP contribution in [-0.4, -0.2) is 41.3 Å². The highest BCUT2D eigenvalue weighted by Gasteiger charge is 2.67. The molecule has 1 unspecified atom stereocenters. The lowest BCUT2D eigenvalue weighted by molar-refractivity contribution is -0.150. The van der Waals surface area contributed by atoms with Crippen molar-refractivity contribution >= 4 is 12.1 Å². The highest BCUT2D eigenvalue weighted by Crippen LogP contribution is 2.61. The number of nitrogens with zero attached hydrogens (tertiary/aromatic N) is 1. The monoisotopic (exact) mass is 491 g/mol. The van der Waals surface area contributed by atoms with Gasteiger partial charge in [-0.1, -0.05) is 72.8 Å². The fraction of sp³-hybridized carbons (Fsp3) is 0.467. The summed E-state index contributed by atoms with van der Waals surface area (Å²) in [6.07, 6.45) is 7.12. The van der Waals surface area contributed by atoms with Crippen molar-refractivity contribution in [2.75, 3.05) is 6.61 Å². The fourth-order valence-electron chi connectivity index (χ4n) is 4.79. The first-order valence-electron chi connectivity index (χ1n) is 12.8. The summed E-state index contributed by atoms with van der Waals surface area (Å²) in [7, 11) is 0. The number of benzene rings is 2. The summed E-state index contributed by atoms with van der Waals surface area (Å²) in [4.78, 5) is 27.7. The number of allylic oxidation sites excluding steroid dienone is 1. The first kappa shape index (κ1) is 26.0. The predicted molar refractivity (Wildman–Crippen MR) is 138 cm³/mol. The average molecular weight is 492 g/mol. The van der Waals surface area contributed by atoms with Crippen molar-refractivity contribution in [1.82, 2.24) is 4.90 Å². The molecule has 4 rings (SSSR count). The maximum absolute atomic E-state index is 13.1. The number of piperidine rings is 1. The Morgan fingerprint density at radius 2 is 1.61 bits per heavy atom. The van der Waals surface area contributed by atoms with Gasteiger partial charge in [-0.2, -0.15) is 0 Å². The number of likely N-dealkylation sites (tertiary alicyclic amines) is 1. The molecule has 1 aliphatic heterocycles. The molecule has 3 atom stereocenters. The molecule has 0 aromatic heterocycles. The van der Waals surface area contributed by atoms with Crippen LogP contribution in [0.5, 0.6) is 0 Å². The molecule has 192 valence electrons. The Labute approximate surface area is 214 Å². The van der Waals surface area contributed by atoms with Gasteiger partial charge in [0.25, 0.3) is 0 Å². The van der Waals surface area contributed by atoms with Crippen LogP contribution in [0.15, 0.2) is 72.8 Å². The molecule has 2 aromatic carbocycles. The summed E-state index contributed by atoms with van der Waals surface area (Å²) in [5.74, 6) is -0.376. The average Bonchev–Trinajstić information content (AvgIpc) is 3.45. The van der Waals surface area contributed by atoms with Gasteiger partial charge in [-0.05, 0) is 57.6 Å². The van der Waals surface area contributed by atoms with Crippen molar-refractivity contribution in [3.63, 3.8) is 0 Å². The zero-order chi connectivity index (χ0) is 25.6. The van der Waals surface area contributed by atoms with Crippen molar-refractivity contribution in [3.8, 4) is 0 Å². The number of fused-ring (bicyclic) bond motifs is 1. The van der Waals surface area contributed by atoms with Gasteiger partial charge in [0.1, 0.15) is 18.2 Å². The van der Waals surface area contributed by atoms with Gasteiger partial charge in [-0.15, -0.1) is 0 Å². The first-order valence-corrected chi connectivity index (χ1v) is 12.8. The zero-order valence-electron chi connectivity index (χ0n) is 21.5. The molecule has 1 saturated carbocycles. The van der Waals surface area contributed by atoms with Crippen LogP contribution in [0, 0.1) is 5.41 Å². The number of ether oxygens (including phenoxy) is 3. The van der Waals surface area contributed by atoms with Gasteiger partial charge in [0.15, 0.2) is 0 Å². The Bertz CT molecular complexity index is 1050. The molecule has 0 spiro atoms. The summed E-state index contributed by atoms with van der Waals surface area (Å²) < 4.78 is 17.0. The van der Waals surface area contributed by atoms with Gasteiger partial charge < -0.3 is 14.2 Å². The summed E-state index contributed by atoms with van der Waals surface area (Å²) in [5.41, 5.74) is 1.27. The van der Waals surface area contributed by atoms with Crippen LogP contribution < -0.4 is 0 Å². The maximum atomic E-state index is 13.1. The van der Waals surface area contributed by atoms with E-state index < -0.39 is 17.7 Å². The molecule has 1 heterocycles. The van der Waals surface area contributed by atoms with Gasteiger partial charge in [0.05, 0.1) is 6.61 Å². The second-order valence-corrected chi connectivity index (χ2v) is 10.7. The van der Waals surface area contributed by atoms with E-state index in [-0.39, 0.29) is 24.0 Å². The van der Waals surface area contributed by atoms with E-state index in [4.69, 9.17) is 14.2 Å². The smallest absolute Gasteiger partial charge is 0.411 e. The van der Waals surface area contributed by atoms with Crippen LogP contribution in [-0.2, 0) is 32.2 Å². The number of carbonyl (C=O) groups is 2. The quantitative estimate of drug-likeness (QED) is 0.230. The Hall–Kier alpha value is -3.12. The molecule has 0 radical (unpaired) electrons. The van der Waals surface area contributed by atoms with E-state index in [2.05, 4.69) is 24.3 Å². The third-order valence-corrected chi connectivity index (χ3v) is 6.64. The van der Waals surface area contributed by atoms with E-state index in [9.17, 15) is 9.59 Å². The largest absolute Gasteiger partial charge is 0.459 e. The highest BCUT2D eigenvalue weighted by molar-refractivity contribution is 5.84. The highest BCUT2D eigenvalue weighted by atomic mass is 16.6. The van der Waals surface area contributed by atoms with Gasteiger partial charge in [0, 0.05) is 18.1 Å². The van der Waals surface area contributed by atoms with Crippen molar-refractivity contribution in [3.05, 3.63) is 83.9 Å². The van der Waals surface area contributed by atoms with Crippen molar-refractivity contribution in [2.24, 2.45) is 5.41 Å². The summed E-state index contributed by atoms with van der Waals surface area (Å²) in [6, 6.07) is 19.0. The van der Waals surface area contributed by atoms with E-state index in [1.807, 2.05) is 69.3 Å². The van der Waals surface area contributed by atoms with Crippen LogP contribution in [0.1, 0.15) is 57.6 Å². The number of amides is 1. The minimum absolute atomic E-state index is 0.0350. The summed E-state index contributed by atoms with van der Waals surface area (Å²) >= 11 is 0. The molecule has 2 aliphatic rings. The molecule has 0 N–H and O–H groups in total. The van der Waals surface area contributed by atoms with Crippen LogP contribution in [0.25, 0.3) is 0 Å². The maximum Gasteiger partial charge on any atom is 0.411 e. The fourth-order valence-corrected chi connectivity index (χ4v) is 4.79. The van der Waals surface area contributed by atoms with E-state index >= 15 is 0 Å². The molecule has 1 aliphatic carbocycles. The number of hydrogen-bond acceptors (Lipinski definition) is 5. The Kier molecular flexibility index (Phi) is 8.14. The van der Waals surface area contributed by atoms with Crippen molar-refractivity contribution < 1.29 is 23.8 Å². The topological polar surface area (TPSA) is 65.1 Å². The first-order chi connectivity index (χ1) is 17.3. The lowest BCUT2D eigenvalue weighted by Gasteiger charge is -2.29. The SMILES string of the molecule is CC(C)(C)OC(=O)N1C2C[C@]2(/C=C\CCCOCc2ccccc2)C[C@H]1C(=O)OCc1ccccc1. The third kappa shape index (κ3) is 6.76. The lowest BCUT2D eigenvalue weighted by atomic mass is 9.98. The van der Waals surface area contributed by atoms with Gasteiger partial charge in [-0.25, -0.2) is 9.59 Å². The predicted octanol–water partition coefficient (Wildman–Crippen LogP) is 6.05. The van der Waals surface area contributed by atoms with Crippen molar-refractivity contribution in [1.29, 1.82) is 0 Å².